The number of urea groups is 1. The number of hydrogen-bond acceptors (Lipinski definition) is 3. The molecule has 0 aliphatic carbocycles. The molecule has 0 radical (unpaired) electrons. The van der Waals surface area contributed by atoms with E-state index in [1.165, 1.54) is 5.01 Å². The summed E-state index contributed by atoms with van der Waals surface area (Å²) in [6.45, 7) is 1.34. The minimum atomic E-state index is -0.821. The predicted octanol–water partition coefficient (Wildman–Crippen LogP) is 1.28. The molecule has 2 rings (SSSR count). The first-order chi connectivity index (χ1) is 9.58. The number of carbonyl (C=O) groups excluding carboxylic acids is 1. The van der Waals surface area contributed by atoms with Crippen LogP contribution >= 0.6 is 0 Å². The molecule has 0 bridgehead atoms. The second-order valence-electron chi connectivity index (χ2n) is 4.97. The Morgan fingerprint density at radius 3 is 2.65 bits per heavy atom. The Hall–Kier alpha value is -2.08. The van der Waals surface area contributed by atoms with Gasteiger partial charge in [0.25, 0.3) is 0 Å². The van der Waals surface area contributed by atoms with Gasteiger partial charge in [0.1, 0.15) is 0 Å². The third-order valence-electron chi connectivity index (χ3n) is 3.52. The summed E-state index contributed by atoms with van der Waals surface area (Å²) in [6.07, 6.45) is 1.39. The molecule has 0 saturated carbocycles. The number of nitrogens with two attached hydrogens (primary N) is 1. The zero-order valence-electron chi connectivity index (χ0n) is 11.2. The molecule has 2 amide bonds. The van der Waals surface area contributed by atoms with Crippen molar-refractivity contribution in [3.05, 3.63) is 35.9 Å². The highest BCUT2D eigenvalue weighted by molar-refractivity contribution is 5.72. The van der Waals surface area contributed by atoms with Gasteiger partial charge in [-0.05, 0) is 18.4 Å². The molecule has 1 heterocycles. The fraction of sp³-hybridized carbons (Fsp3) is 0.429. The molecular weight excluding hydrogens is 258 g/mol. The Kier molecular flexibility index (Phi) is 4.57. The highest BCUT2D eigenvalue weighted by Crippen LogP contribution is 2.19. The highest BCUT2D eigenvalue weighted by Gasteiger charge is 2.30. The van der Waals surface area contributed by atoms with Gasteiger partial charge in [0.15, 0.2) is 0 Å². The van der Waals surface area contributed by atoms with Gasteiger partial charge in [-0.15, -0.1) is 0 Å². The van der Waals surface area contributed by atoms with Crippen LogP contribution in [0.5, 0.6) is 0 Å². The molecule has 6 heteroatoms. The Labute approximate surface area is 117 Å². The van der Waals surface area contributed by atoms with Gasteiger partial charge in [-0.2, -0.15) is 0 Å². The Morgan fingerprint density at radius 2 is 2.05 bits per heavy atom. The number of carbonyl (C=O) groups is 2. The number of benzene rings is 1. The third-order valence-corrected chi connectivity index (χ3v) is 3.52. The van der Waals surface area contributed by atoms with E-state index in [-0.39, 0.29) is 0 Å². The summed E-state index contributed by atoms with van der Waals surface area (Å²) in [4.78, 5) is 22.7. The van der Waals surface area contributed by atoms with Gasteiger partial charge in [-0.25, -0.2) is 9.80 Å². The lowest BCUT2D eigenvalue weighted by atomic mass is 9.99. The van der Waals surface area contributed by atoms with Gasteiger partial charge in [0.05, 0.1) is 12.5 Å². The molecular formula is C14H19N3O3. The van der Waals surface area contributed by atoms with E-state index >= 15 is 0 Å². The molecule has 1 unspecified atom stereocenters. The molecule has 1 saturated heterocycles. The molecule has 3 N–H and O–H groups in total. The summed E-state index contributed by atoms with van der Waals surface area (Å²) in [5.41, 5.74) is 6.40. The van der Waals surface area contributed by atoms with Gasteiger partial charge in [-0.3, -0.25) is 9.80 Å². The van der Waals surface area contributed by atoms with Crippen molar-refractivity contribution in [3.63, 3.8) is 0 Å². The van der Waals surface area contributed by atoms with Crippen LogP contribution in [0.25, 0.3) is 0 Å². The van der Waals surface area contributed by atoms with Crippen molar-refractivity contribution in [2.45, 2.75) is 19.4 Å². The minimum Gasteiger partial charge on any atom is -0.481 e. The van der Waals surface area contributed by atoms with Crippen LogP contribution in [-0.2, 0) is 11.3 Å². The Morgan fingerprint density at radius 1 is 1.35 bits per heavy atom. The quantitative estimate of drug-likeness (QED) is 0.868. The van der Waals surface area contributed by atoms with Crippen LogP contribution in [0.15, 0.2) is 30.3 Å². The van der Waals surface area contributed by atoms with Crippen LogP contribution in [0.3, 0.4) is 0 Å². The molecule has 108 valence electrons. The van der Waals surface area contributed by atoms with Crippen molar-refractivity contribution < 1.29 is 14.7 Å². The summed E-state index contributed by atoms with van der Waals surface area (Å²) >= 11 is 0. The topological polar surface area (TPSA) is 86.9 Å². The van der Waals surface area contributed by atoms with Gasteiger partial charge in [0.2, 0.25) is 0 Å². The van der Waals surface area contributed by atoms with E-state index in [1.54, 1.807) is 5.01 Å². The molecule has 20 heavy (non-hydrogen) atoms. The number of carboxylic acids is 1. The smallest absolute Gasteiger partial charge is 0.329 e. The number of hydrazine groups is 1. The molecule has 0 spiro atoms. The highest BCUT2D eigenvalue weighted by atomic mass is 16.4. The average Bonchev–Trinajstić information content (AvgIpc) is 2.45. The van der Waals surface area contributed by atoms with Gasteiger partial charge in [0, 0.05) is 13.1 Å². The van der Waals surface area contributed by atoms with E-state index in [0.29, 0.717) is 26.1 Å². The molecule has 6 nitrogen and oxygen atoms in total. The molecule has 1 aromatic rings. The van der Waals surface area contributed by atoms with E-state index < -0.39 is 17.9 Å². The molecule has 1 atom stereocenters. The van der Waals surface area contributed by atoms with Crippen molar-refractivity contribution in [2.75, 3.05) is 13.1 Å². The van der Waals surface area contributed by atoms with Gasteiger partial charge in [-0.1, -0.05) is 30.3 Å². The summed E-state index contributed by atoms with van der Waals surface area (Å²) in [6, 6.07) is 8.96. The van der Waals surface area contributed by atoms with Crippen molar-refractivity contribution in [3.8, 4) is 0 Å². The number of primary amides is 1. The van der Waals surface area contributed by atoms with Crippen LogP contribution in [0.1, 0.15) is 18.4 Å². The second-order valence-corrected chi connectivity index (χ2v) is 4.97. The number of hydrogen-bond donors (Lipinski definition) is 2. The Bertz CT molecular complexity index is 478. The van der Waals surface area contributed by atoms with Crippen LogP contribution in [-0.4, -0.2) is 40.2 Å². The summed E-state index contributed by atoms with van der Waals surface area (Å²) in [5.74, 6) is -1.26. The van der Waals surface area contributed by atoms with E-state index in [4.69, 9.17) is 10.8 Å². The van der Waals surface area contributed by atoms with Crippen LogP contribution in [0, 0.1) is 5.92 Å². The van der Waals surface area contributed by atoms with Crippen molar-refractivity contribution in [2.24, 2.45) is 11.7 Å². The zero-order chi connectivity index (χ0) is 14.5. The van der Waals surface area contributed by atoms with Crippen molar-refractivity contribution in [1.29, 1.82) is 0 Å². The van der Waals surface area contributed by atoms with Crippen LogP contribution in [0.2, 0.25) is 0 Å². The maximum absolute atomic E-state index is 11.6. The molecule has 1 aromatic carbocycles. The van der Waals surface area contributed by atoms with E-state index in [1.807, 2.05) is 30.3 Å². The first kappa shape index (κ1) is 14.3. The number of nitrogens with zero attached hydrogens (tertiary/aromatic N) is 2. The van der Waals surface area contributed by atoms with Crippen LogP contribution < -0.4 is 5.73 Å². The Balaban J connectivity index is 2.08. The number of amides is 2. The lowest BCUT2D eigenvalue weighted by Gasteiger charge is -2.38. The largest absolute Gasteiger partial charge is 0.481 e. The van der Waals surface area contributed by atoms with E-state index in [0.717, 1.165) is 12.0 Å². The maximum atomic E-state index is 11.6. The third kappa shape index (κ3) is 3.48. The molecule has 1 aliphatic heterocycles. The molecule has 1 aliphatic rings. The lowest BCUT2D eigenvalue weighted by molar-refractivity contribution is -0.146. The first-order valence-corrected chi connectivity index (χ1v) is 6.66. The maximum Gasteiger partial charge on any atom is 0.329 e. The fourth-order valence-electron chi connectivity index (χ4n) is 2.45. The average molecular weight is 277 g/mol. The summed E-state index contributed by atoms with van der Waals surface area (Å²) < 4.78 is 0. The zero-order valence-corrected chi connectivity index (χ0v) is 11.2. The van der Waals surface area contributed by atoms with Crippen molar-refractivity contribution in [1.82, 2.24) is 10.0 Å². The van der Waals surface area contributed by atoms with Gasteiger partial charge >= 0.3 is 12.0 Å². The van der Waals surface area contributed by atoms with Gasteiger partial charge < -0.3 is 10.8 Å². The summed E-state index contributed by atoms with van der Waals surface area (Å²) in [5, 5.41) is 12.3. The number of carboxylic acid groups (broad SMARTS) is 1. The number of aliphatic carboxylic acids is 1. The normalized spacial score (nSPS) is 19.5. The number of piperidine rings is 1. The molecule has 0 aromatic heterocycles. The lowest BCUT2D eigenvalue weighted by Crippen LogP contribution is -2.53. The monoisotopic (exact) mass is 277 g/mol. The number of rotatable bonds is 4. The first-order valence-electron chi connectivity index (χ1n) is 6.66. The van der Waals surface area contributed by atoms with Crippen LogP contribution in [0.4, 0.5) is 4.79 Å². The van der Waals surface area contributed by atoms with E-state index in [9.17, 15) is 9.59 Å². The fourth-order valence-corrected chi connectivity index (χ4v) is 2.45. The van der Waals surface area contributed by atoms with Crippen molar-refractivity contribution >= 4 is 12.0 Å². The van der Waals surface area contributed by atoms with E-state index in [2.05, 4.69) is 0 Å². The predicted molar refractivity (Wildman–Crippen MR) is 73.5 cm³/mol. The molecule has 1 fully saturated rings. The SMILES string of the molecule is NC(=O)N(Cc1ccccc1)N1CCCC(C(=O)O)C1. The minimum absolute atomic E-state index is 0.325. The summed E-state index contributed by atoms with van der Waals surface area (Å²) in [7, 11) is 0. The second kappa shape index (κ2) is 6.38. The standard InChI is InChI=1S/C14H19N3O3/c15-14(20)17(9-11-5-2-1-3-6-11)16-8-4-7-12(10-16)13(18)19/h1-3,5-6,12H,4,7-10H2,(H2,15,20)(H,18,19).